The zero-order chi connectivity index (χ0) is 15.1. The molecule has 0 spiro atoms. The van der Waals surface area contributed by atoms with Crippen LogP contribution < -0.4 is 0 Å². The van der Waals surface area contributed by atoms with E-state index < -0.39 is 22.7 Å². The van der Waals surface area contributed by atoms with Gasteiger partial charge < -0.3 is 5.11 Å². The number of carboxylic acids is 1. The third-order valence-corrected chi connectivity index (χ3v) is 3.65. The van der Waals surface area contributed by atoms with Gasteiger partial charge in [-0.3, -0.25) is 4.98 Å². The summed E-state index contributed by atoms with van der Waals surface area (Å²) >= 11 is 11.8. The van der Waals surface area contributed by atoms with Gasteiger partial charge in [0.15, 0.2) is 5.69 Å². The highest BCUT2D eigenvalue weighted by Crippen LogP contribution is 2.39. The van der Waals surface area contributed by atoms with E-state index in [0.29, 0.717) is 11.3 Å². The highest BCUT2D eigenvalue weighted by molar-refractivity contribution is 7.17. The fourth-order valence-electron chi connectivity index (χ4n) is 1.33. The number of aromatic nitrogens is 2. The molecular formula is C10H3Cl2F3N2O2S. The fraction of sp³-hybridized carbons (Fsp3) is 0.100. The maximum Gasteiger partial charge on any atom is 0.435 e. The molecule has 4 nitrogen and oxygen atoms in total. The van der Waals surface area contributed by atoms with Crippen LogP contribution in [0.15, 0.2) is 12.3 Å². The van der Waals surface area contributed by atoms with E-state index in [4.69, 9.17) is 28.3 Å². The first-order valence-electron chi connectivity index (χ1n) is 4.83. The number of hydrogen-bond donors (Lipinski definition) is 1. The van der Waals surface area contributed by atoms with Crippen LogP contribution in [0, 0.1) is 0 Å². The summed E-state index contributed by atoms with van der Waals surface area (Å²) in [6, 6.07) is 1.28. The van der Waals surface area contributed by atoms with Crippen molar-refractivity contribution in [2.75, 3.05) is 0 Å². The second-order valence-corrected chi connectivity index (χ2v) is 5.33. The van der Waals surface area contributed by atoms with Gasteiger partial charge in [0, 0.05) is 6.20 Å². The maximum atomic E-state index is 12.7. The minimum absolute atomic E-state index is 0.0167. The van der Waals surface area contributed by atoms with Crippen LogP contribution in [-0.2, 0) is 6.18 Å². The third-order valence-electron chi connectivity index (χ3n) is 2.10. The molecule has 0 amide bonds. The van der Waals surface area contributed by atoms with E-state index in [2.05, 4.69) is 9.97 Å². The van der Waals surface area contributed by atoms with Crippen molar-refractivity contribution in [2.24, 2.45) is 0 Å². The van der Waals surface area contributed by atoms with Crippen LogP contribution in [0.25, 0.3) is 10.7 Å². The Morgan fingerprint density at radius 2 is 2.00 bits per heavy atom. The molecule has 0 aromatic carbocycles. The van der Waals surface area contributed by atoms with E-state index in [9.17, 15) is 18.0 Å². The van der Waals surface area contributed by atoms with E-state index in [0.717, 1.165) is 0 Å². The van der Waals surface area contributed by atoms with Gasteiger partial charge in [-0.15, -0.1) is 11.3 Å². The van der Waals surface area contributed by atoms with Crippen molar-refractivity contribution in [1.82, 2.24) is 9.97 Å². The number of rotatable bonds is 2. The Balaban J connectivity index is 2.62. The van der Waals surface area contributed by atoms with Gasteiger partial charge in [0.25, 0.3) is 0 Å². The molecule has 0 aliphatic heterocycles. The van der Waals surface area contributed by atoms with Crippen LogP contribution in [-0.4, -0.2) is 21.0 Å². The van der Waals surface area contributed by atoms with E-state index in [1.165, 1.54) is 12.3 Å². The number of aromatic carboxylic acids is 1. The number of alkyl halides is 3. The summed E-state index contributed by atoms with van der Waals surface area (Å²) < 4.78 is 38.1. The number of thiazole rings is 1. The second kappa shape index (κ2) is 5.19. The summed E-state index contributed by atoms with van der Waals surface area (Å²) in [5.41, 5.74) is -1.53. The van der Waals surface area contributed by atoms with Crippen LogP contribution in [0.4, 0.5) is 13.2 Å². The minimum Gasteiger partial charge on any atom is -0.477 e. The molecule has 2 heterocycles. The Labute approximate surface area is 123 Å². The molecule has 0 fully saturated rings. The predicted octanol–water partition coefficient (Wildman–Crippen LogP) is 4.23. The Morgan fingerprint density at radius 3 is 2.45 bits per heavy atom. The zero-order valence-electron chi connectivity index (χ0n) is 9.20. The van der Waals surface area contributed by atoms with Crippen LogP contribution in [0.5, 0.6) is 0 Å². The summed E-state index contributed by atoms with van der Waals surface area (Å²) in [6.45, 7) is 0. The van der Waals surface area contributed by atoms with Crippen LogP contribution >= 0.6 is 34.5 Å². The number of carbonyl (C=O) groups is 1. The molecule has 10 heteroatoms. The van der Waals surface area contributed by atoms with Crippen molar-refractivity contribution in [1.29, 1.82) is 0 Å². The Bertz CT molecular complexity index is 688. The maximum absolute atomic E-state index is 12.7. The molecule has 2 aromatic heterocycles. The molecular weight excluding hydrogens is 340 g/mol. The van der Waals surface area contributed by atoms with Gasteiger partial charge >= 0.3 is 12.1 Å². The lowest BCUT2D eigenvalue weighted by molar-refractivity contribution is -0.141. The van der Waals surface area contributed by atoms with E-state index in [1.54, 1.807) is 0 Å². The molecule has 0 aliphatic rings. The summed E-state index contributed by atoms with van der Waals surface area (Å²) in [6.07, 6.45) is -3.70. The number of pyridine rings is 1. The molecule has 0 aliphatic carbocycles. The van der Waals surface area contributed by atoms with Crippen LogP contribution in [0.3, 0.4) is 0 Å². The number of hydrogen-bond acceptors (Lipinski definition) is 4. The van der Waals surface area contributed by atoms with Gasteiger partial charge in [0.2, 0.25) is 0 Å². The van der Waals surface area contributed by atoms with Crippen molar-refractivity contribution in [3.63, 3.8) is 0 Å². The number of halogens is 5. The topological polar surface area (TPSA) is 63.1 Å². The summed E-state index contributed by atoms with van der Waals surface area (Å²) in [7, 11) is 0. The van der Waals surface area contributed by atoms with Gasteiger partial charge in [0.1, 0.15) is 15.6 Å². The molecule has 2 aromatic rings. The smallest absolute Gasteiger partial charge is 0.435 e. The molecule has 0 unspecified atom stereocenters. The summed E-state index contributed by atoms with van der Waals surface area (Å²) in [5, 5.41) is 8.74. The van der Waals surface area contributed by atoms with Crippen molar-refractivity contribution >= 4 is 40.5 Å². The third kappa shape index (κ3) is 2.87. The standard InChI is InChI=1S/C10H3Cl2F3N2O2S/c11-3-1-4(12)5(16-2-3)8-17-7(10(13,14)15)6(20-8)9(18)19/h1-2H,(H,18,19). The monoisotopic (exact) mass is 342 g/mol. The molecule has 20 heavy (non-hydrogen) atoms. The first kappa shape index (κ1) is 15.0. The Morgan fingerprint density at radius 1 is 1.35 bits per heavy atom. The second-order valence-electron chi connectivity index (χ2n) is 3.48. The Kier molecular flexibility index (Phi) is 3.90. The zero-order valence-corrected chi connectivity index (χ0v) is 11.5. The average molecular weight is 343 g/mol. The van der Waals surface area contributed by atoms with E-state index >= 15 is 0 Å². The number of carboxylic acid groups (broad SMARTS) is 1. The quantitative estimate of drug-likeness (QED) is 0.886. The van der Waals surface area contributed by atoms with Crippen LogP contribution in [0.1, 0.15) is 15.4 Å². The van der Waals surface area contributed by atoms with Gasteiger partial charge in [0.05, 0.1) is 10.0 Å². The lowest BCUT2D eigenvalue weighted by Crippen LogP contribution is -2.11. The largest absolute Gasteiger partial charge is 0.477 e. The first-order chi connectivity index (χ1) is 9.20. The molecule has 0 atom stereocenters. The van der Waals surface area contributed by atoms with Gasteiger partial charge in [-0.05, 0) is 6.07 Å². The average Bonchev–Trinajstić information content (AvgIpc) is 2.73. The molecule has 2 rings (SSSR count). The highest BCUT2D eigenvalue weighted by Gasteiger charge is 2.40. The highest BCUT2D eigenvalue weighted by atomic mass is 35.5. The predicted molar refractivity (Wildman–Crippen MR) is 67.3 cm³/mol. The lowest BCUT2D eigenvalue weighted by Gasteiger charge is -2.02. The molecule has 0 bridgehead atoms. The van der Waals surface area contributed by atoms with Crippen molar-refractivity contribution in [3.8, 4) is 10.7 Å². The van der Waals surface area contributed by atoms with E-state index in [-0.39, 0.29) is 20.7 Å². The lowest BCUT2D eigenvalue weighted by atomic mass is 10.3. The van der Waals surface area contributed by atoms with Crippen LogP contribution in [0.2, 0.25) is 10.0 Å². The van der Waals surface area contributed by atoms with Crippen molar-refractivity contribution in [3.05, 3.63) is 32.9 Å². The summed E-state index contributed by atoms with van der Waals surface area (Å²) in [4.78, 5) is 17.0. The van der Waals surface area contributed by atoms with E-state index in [1.807, 2.05) is 0 Å². The fourth-order valence-corrected chi connectivity index (χ4v) is 2.79. The SMILES string of the molecule is O=C(O)c1sc(-c2ncc(Cl)cc2Cl)nc1C(F)(F)F. The summed E-state index contributed by atoms with van der Waals surface area (Å²) in [5.74, 6) is -1.72. The normalized spacial score (nSPS) is 11.7. The van der Waals surface area contributed by atoms with Crippen molar-refractivity contribution < 1.29 is 23.1 Å². The minimum atomic E-state index is -4.87. The van der Waals surface area contributed by atoms with Gasteiger partial charge in [-0.1, -0.05) is 23.2 Å². The van der Waals surface area contributed by atoms with Crippen molar-refractivity contribution in [2.45, 2.75) is 6.18 Å². The molecule has 0 saturated heterocycles. The molecule has 106 valence electrons. The number of nitrogens with zero attached hydrogens (tertiary/aromatic N) is 2. The Hall–Kier alpha value is -1.38. The van der Waals surface area contributed by atoms with Gasteiger partial charge in [-0.2, -0.15) is 13.2 Å². The molecule has 0 radical (unpaired) electrons. The first-order valence-corrected chi connectivity index (χ1v) is 6.40. The molecule has 1 N–H and O–H groups in total. The molecule has 0 saturated carbocycles. The van der Waals surface area contributed by atoms with Gasteiger partial charge in [-0.25, -0.2) is 9.78 Å².